The van der Waals surface area contributed by atoms with E-state index in [1.807, 2.05) is 30.3 Å². The highest BCUT2D eigenvalue weighted by atomic mass is 35.5. The van der Waals surface area contributed by atoms with Gasteiger partial charge in [0.15, 0.2) is 0 Å². The summed E-state index contributed by atoms with van der Waals surface area (Å²) in [7, 11) is 0. The first-order valence-corrected chi connectivity index (χ1v) is 5.22. The van der Waals surface area contributed by atoms with Gasteiger partial charge in [-0.15, -0.1) is 0 Å². The summed E-state index contributed by atoms with van der Waals surface area (Å²) in [4.78, 5) is 0. The van der Waals surface area contributed by atoms with Crippen molar-refractivity contribution >= 4 is 17.3 Å². The molecule has 2 heteroatoms. The SMILES string of the molecule is CCCCC(Cl)Nc1ccccc1. The first kappa shape index (κ1) is 10.4. The first-order chi connectivity index (χ1) is 6.33. The third kappa shape index (κ3) is 4.18. The van der Waals surface area contributed by atoms with E-state index in [1.165, 1.54) is 12.8 Å². The summed E-state index contributed by atoms with van der Waals surface area (Å²) in [6.07, 6.45) is 3.39. The average molecular weight is 198 g/mol. The van der Waals surface area contributed by atoms with Crippen LogP contribution in [0.15, 0.2) is 30.3 Å². The van der Waals surface area contributed by atoms with Crippen molar-refractivity contribution in [3.63, 3.8) is 0 Å². The molecule has 1 aromatic rings. The van der Waals surface area contributed by atoms with E-state index in [0.717, 1.165) is 12.1 Å². The number of rotatable bonds is 5. The Morgan fingerprint density at radius 1 is 1.31 bits per heavy atom. The molecule has 0 spiro atoms. The molecule has 1 atom stereocenters. The summed E-state index contributed by atoms with van der Waals surface area (Å²) < 4.78 is 0. The van der Waals surface area contributed by atoms with Gasteiger partial charge in [-0.1, -0.05) is 49.6 Å². The van der Waals surface area contributed by atoms with Crippen LogP contribution in [-0.2, 0) is 0 Å². The van der Waals surface area contributed by atoms with Gasteiger partial charge < -0.3 is 5.32 Å². The maximum absolute atomic E-state index is 6.08. The minimum Gasteiger partial charge on any atom is -0.369 e. The molecule has 0 radical (unpaired) electrons. The second-order valence-electron chi connectivity index (χ2n) is 3.12. The van der Waals surface area contributed by atoms with Crippen molar-refractivity contribution in [1.82, 2.24) is 0 Å². The van der Waals surface area contributed by atoms with Crippen molar-refractivity contribution in [3.05, 3.63) is 30.3 Å². The lowest BCUT2D eigenvalue weighted by atomic mass is 10.2. The van der Waals surface area contributed by atoms with Gasteiger partial charge in [0.25, 0.3) is 0 Å². The minimum atomic E-state index is 0.0577. The third-order valence-electron chi connectivity index (χ3n) is 1.91. The fourth-order valence-electron chi connectivity index (χ4n) is 1.17. The van der Waals surface area contributed by atoms with Gasteiger partial charge in [0.1, 0.15) is 5.50 Å². The van der Waals surface area contributed by atoms with Gasteiger partial charge in [0.05, 0.1) is 0 Å². The molecule has 1 rings (SSSR count). The van der Waals surface area contributed by atoms with Crippen LogP contribution >= 0.6 is 11.6 Å². The second-order valence-corrected chi connectivity index (χ2v) is 3.65. The maximum atomic E-state index is 6.08. The van der Waals surface area contributed by atoms with Gasteiger partial charge in [-0.3, -0.25) is 0 Å². The molecular formula is C11H16ClN. The highest BCUT2D eigenvalue weighted by Crippen LogP contribution is 2.13. The zero-order valence-corrected chi connectivity index (χ0v) is 8.72. The topological polar surface area (TPSA) is 12.0 Å². The highest BCUT2D eigenvalue weighted by Gasteiger charge is 2.01. The number of hydrogen-bond acceptors (Lipinski definition) is 1. The van der Waals surface area contributed by atoms with Gasteiger partial charge in [-0.05, 0) is 18.6 Å². The number of alkyl halides is 1. The lowest BCUT2D eigenvalue weighted by molar-refractivity contribution is 0.714. The van der Waals surface area contributed by atoms with Crippen molar-refractivity contribution in [1.29, 1.82) is 0 Å². The maximum Gasteiger partial charge on any atom is 0.101 e. The van der Waals surface area contributed by atoms with Crippen LogP contribution in [0.2, 0.25) is 0 Å². The molecule has 0 aromatic heterocycles. The average Bonchev–Trinajstić information content (AvgIpc) is 2.16. The Morgan fingerprint density at radius 2 is 2.00 bits per heavy atom. The van der Waals surface area contributed by atoms with E-state index < -0.39 is 0 Å². The number of unbranched alkanes of at least 4 members (excludes halogenated alkanes) is 1. The number of nitrogens with one attached hydrogen (secondary N) is 1. The predicted octanol–water partition coefficient (Wildman–Crippen LogP) is 3.85. The Bertz CT molecular complexity index is 223. The van der Waals surface area contributed by atoms with Crippen LogP contribution in [0.3, 0.4) is 0 Å². The van der Waals surface area contributed by atoms with Crippen LogP contribution < -0.4 is 5.32 Å². The van der Waals surface area contributed by atoms with E-state index in [1.54, 1.807) is 0 Å². The number of halogens is 1. The van der Waals surface area contributed by atoms with Gasteiger partial charge >= 0.3 is 0 Å². The number of para-hydroxylation sites is 1. The summed E-state index contributed by atoms with van der Waals surface area (Å²) in [6, 6.07) is 10.1. The van der Waals surface area contributed by atoms with Crippen molar-refractivity contribution in [2.45, 2.75) is 31.7 Å². The summed E-state index contributed by atoms with van der Waals surface area (Å²) in [5.74, 6) is 0. The van der Waals surface area contributed by atoms with E-state index in [2.05, 4.69) is 12.2 Å². The van der Waals surface area contributed by atoms with Gasteiger partial charge in [0, 0.05) is 5.69 Å². The molecular weight excluding hydrogens is 182 g/mol. The second kappa shape index (κ2) is 5.87. The monoisotopic (exact) mass is 197 g/mol. The van der Waals surface area contributed by atoms with Crippen LogP contribution in [0.5, 0.6) is 0 Å². The van der Waals surface area contributed by atoms with Crippen molar-refractivity contribution in [3.8, 4) is 0 Å². The molecule has 1 nitrogen and oxygen atoms in total. The largest absolute Gasteiger partial charge is 0.369 e. The Balaban J connectivity index is 2.32. The van der Waals surface area contributed by atoms with Crippen molar-refractivity contribution < 1.29 is 0 Å². The number of benzene rings is 1. The normalized spacial score (nSPS) is 12.5. The zero-order valence-electron chi connectivity index (χ0n) is 7.96. The van der Waals surface area contributed by atoms with Crippen LogP contribution in [0.1, 0.15) is 26.2 Å². The minimum absolute atomic E-state index is 0.0577. The molecule has 72 valence electrons. The number of hydrogen-bond donors (Lipinski definition) is 1. The zero-order chi connectivity index (χ0) is 9.52. The van der Waals surface area contributed by atoms with Gasteiger partial charge in [0.2, 0.25) is 0 Å². The van der Waals surface area contributed by atoms with E-state index in [9.17, 15) is 0 Å². The molecule has 13 heavy (non-hydrogen) atoms. The fourth-order valence-corrected chi connectivity index (χ4v) is 1.45. The lowest BCUT2D eigenvalue weighted by Crippen LogP contribution is -2.11. The summed E-state index contributed by atoms with van der Waals surface area (Å²) >= 11 is 6.08. The lowest BCUT2D eigenvalue weighted by Gasteiger charge is -2.12. The molecule has 0 saturated carbocycles. The van der Waals surface area contributed by atoms with Crippen LogP contribution in [0.4, 0.5) is 5.69 Å². The molecule has 0 bridgehead atoms. The van der Waals surface area contributed by atoms with E-state index >= 15 is 0 Å². The number of anilines is 1. The van der Waals surface area contributed by atoms with Gasteiger partial charge in [-0.25, -0.2) is 0 Å². The quantitative estimate of drug-likeness (QED) is 0.559. The molecule has 1 N–H and O–H groups in total. The van der Waals surface area contributed by atoms with Crippen LogP contribution in [0.25, 0.3) is 0 Å². The molecule has 0 heterocycles. The Labute approximate surface area is 85.1 Å². The van der Waals surface area contributed by atoms with Crippen LogP contribution in [-0.4, -0.2) is 5.50 Å². The molecule has 0 aliphatic rings. The molecule has 1 unspecified atom stereocenters. The highest BCUT2D eigenvalue weighted by molar-refractivity contribution is 6.21. The molecule has 1 aromatic carbocycles. The van der Waals surface area contributed by atoms with E-state index in [0.29, 0.717) is 0 Å². The molecule has 0 amide bonds. The van der Waals surface area contributed by atoms with Gasteiger partial charge in [-0.2, -0.15) is 0 Å². The van der Waals surface area contributed by atoms with Crippen molar-refractivity contribution in [2.75, 3.05) is 5.32 Å². The fraction of sp³-hybridized carbons (Fsp3) is 0.455. The Hall–Kier alpha value is -0.690. The third-order valence-corrected chi connectivity index (χ3v) is 2.24. The van der Waals surface area contributed by atoms with E-state index in [4.69, 9.17) is 11.6 Å². The predicted molar refractivity (Wildman–Crippen MR) is 59.2 cm³/mol. The van der Waals surface area contributed by atoms with Crippen LogP contribution in [0, 0.1) is 0 Å². The summed E-state index contributed by atoms with van der Waals surface area (Å²) in [6.45, 7) is 2.17. The summed E-state index contributed by atoms with van der Waals surface area (Å²) in [5, 5.41) is 3.24. The van der Waals surface area contributed by atoms with Crippen molar-refractivity contribution in [2.24, 2.45) is 0 Å². The Morgan fingerprint density at radius 3 is 2.62 bits per heavy atom. The summed E-state index contributed by atoms with van der Waals surface area (Å²) in [5.41, 5.74) is 1.15. The molecule has 0 fully saturated rings. The molecule has 0 aliphatic heterocycles. The Kier molecular flexibility index (Phi) is 4.69. The van der Waals surface area contributed by atoms with E-state index in [-0.39, 0.29) is 5.50 Å². The molecule has 0 saturated heterocycles. The smallest absolute Gasteiger partial charge is 0.101 e. The standard InChI is InChI=1S/C11H16ClN/c1-2-3-9-11(12)13-10-7-5-4-6-8-10/h4-8,11,13H,2-3,9H2,1H3. The molecule has 0 aliphatic carbocycles. The first-order valence-electron chi connectivity index (χ1n) is 4.78.